The minimum Gasteiger partial charge on any atom is -0.338 e. The summed E-state index contributed by atoms with van der Waals surface area (Å²) in [6, 6.07) is 14.1. The summed E-state index contributed by atoms with van der Waals surface area (Å²) in [6.45, 7) is 4.01. The highest BCUT2D eigenvalue weighted by atomic mass is 16.2. The van der Waals surface area contributed by atoms with Crippen LogP contribution in [0.1, 0.15) is 30.1 Å². The van der Waals surface area contributed by atoms with Crippen molar-refractivity contribution in [2.75, 3.05) is 13.1 Å². The summed E-state index contributed by atoms with van der Waals surface area (Å²) in [5.41, 5.74) is 0.840. The van der Waals surface area contributed by atoms with Crippen LogP contribution in [0.5, 0.6) is 0 Å². The molecule has 19 heavy (non-hydrogen) atoms. The lowest BCUT2D eigenvalue weighted by molar-refractivity contribution is 0.0685. The maximum absolute atomic E-state index is 12.7. The van der Waals surface area contributed by atoms with E-state index in [1.54, 1.807) is 0 Å². The van der Waals surface area contributed by atoms with Crippen LogP contribution < -0.4 is 0 Å². The Morgan fingerprint density at radius 1 is 1.16 bits per heavy atom. The summed E-state index contributed by atoms with van der Waals surface area (Å²) >= 11 is 0. The molecule has 2 aromatic carbocycles. The van der Waals surface area contributed by atoms with Crippen LogP contribution in [0.15, 0.2) is 42.5 Å². The normalized spacial score (nSPS) is 19.6. The first-order chi connectivity index (χ1) is 9.25. The zero-order valence-electron chi connectivity index (χ0n) is 11.3. The van der Waals surface area contributed by atoms with Crippen LogP contribution in [0.3, 0.4) is 0 Å². The van der Waals surface area contributed by atoms with Crippen molar-refractivity contribution in [3.8, 4) is 0 Å². The van der Waals surface area contributed by atoms with Gasteiger partial charge in [-0.2, -0.15) is 0 Å². The largest absolute Gasteiger partial charge is 0.338 e. The molecule has 2 nitrogen and oxygen atoms in total. The number of hydrogen-bond acceptors (Lipinski definition) is 1. The number of nitrogens with zero attached hydrogens (tertiary/aromatic N) is 1. The zero-order chi connectivity index (χ0) is 13.2. The molecule has 0 spiro atoms. The number of rotatable bonds is 1. The van der Waals surface area contributed by atoms with Gasteiger partial charge in [0.25, 0.3) is 5.91 Å². The van der Waals surface area contributed by atoms with Crippen molar-refractivity contribution >= 4 is 16.7 Å². The fourth-order valence-electron chi connectivity index (χ4n) is 2.96. The van der Waals surface area contributed by atoms with E-state index < -0.39 is 0 Å². The summed E-state index contributed by atoms with van der Waals surface area (Å²) in [7, 11) is 0. The Bertz CT molecular complexity index is 600. The van der Waals surface area contributed by atoms with E-state index in [1.807, 2.05) is 35.2 Å². The van der Waals surface area contributed by atoms with Gasteiger partial charge in [-0.1, -0.05) is 43.3 Å². The number of amides is 1. The predicted octanol–water partition coefficient (Wildman–Crippen LogP) is 3.71. The molecule has 1 aliphatic heterocycles. The third-order valence-electron chi connectivity index (χ3n) is 3.96. The first kappa shape index (κ1) is 12.2. The lowest BCUT2D eigenvalue weighted by atomic mass is 9.98. The second-order valence-corrected chi connectivity index (χ2v) is 5.53. The van der Waals surface area contributed by atoms with E-state index in [4.69, 9.17) is 0 Å². The molecule has 98 valence electrons. The van der Waals surface area contributed by atoms with Crippen LogP contribution in [-0.4, -0.2) is 23.9 Å². The van der Waals surface area contributed by atoms with Gasteiger partial charge in [0.2, 0.25) is 0 Å². The highest BCUT2D eigenvalue weighted by Gasteiger charge is 2.22. The van der Waals surface area contributed by atoms with E-state index in [0.29, 0.717) is 5.92 Å². The van der Waals surface area contributed by atoms with Crippen molar-refractivity contribution in [2.45, 2.75) is 19.8 Å². The predicted molar refractivity (Wildman–Crippen MR) is 78.2 cm³/mol. The van der Waals surface area contributed by atoms with Crippen LogP contribution in [0, 0.1) is 5.92 Å². The lowest BCUT2D eigenvalue weighted by Gasteiger charge is -2.31. The molecule has 2 heteroatoms. The number of carbonyl (C=O) groups is 1. The SMILES string of the molecule is C[C@@H]1CCCN(C(=O)c2cccc3ccccc23)C1. The Morgan fingerprint density at radius 2 is 1.95 bits per heavy atom. The molecule has 0 radical (unpaired) electrons. The Hall–Kier alpha value is -1.83. The third-order valence-corrected chi connectivity index (χ3v) is 3.96. The summed E-state index contributed by atoms with van der Waals surface area (Å²) < 4.78 is 0. The highest BCUT2D eigenvalue weighted by molar-refractivity contribution is 6.07. The fourth-order valence-corrected chi connectivity index (χ4v) is 2.96. The maximum atomic E-state index is 12.7. The molecule has 1 amide bonds. The van der Waals surface area contributed by atoms with Crippen molar-refractivity contribution in [1.82, 2.24) is 4.90 Å². The van der Waals surface area contributed by atoms with Crippen molar-refractivity contribution < 1.29 is 4.79 Å². The van der Waals surface area contributed by atoms with Crippen LogP contribution in [0.25, 0.3) is 10.8 Å². The van der Waals surface area contributed by atoms with Gasteiger partial charge in [0.1, 0.15) is 0 Å². The molecule has 3 rings (SSSR count). The number of likely N-dealkylation sites (tertiary alicyclic amines) is 1. The second-order valence-electron chi connectivity index (χ2n) is 5.53. The molecule has 2 aromatic rings. The summed E-state index contributed by atoms with van der Waals surface area (Å²) in [6.07, 6.45) is 2.36. The Balaban J connectivity index is 1.97. The number of carbonyl (C=O) groups excluding carboxylic acids is 1. The molecule has 0 unspecified atom stereocenters. The van der Waals surface area contributed by atoms with Gasteiger partial charge in [0, 0.05) is 18.7 Å². The van der Waals surface area contributed by atoms with Gasteiger partial charge in [0.05, 0.1) is 0 Å². The Kier molecular flexibility index (Phi) is 3.24. The van der Waals surface area contributed by atoms with Crippen molar-refractivity contribution in [3.05, 3.63) is 48.0 Å². The van der Waals surface area contributed by atoms with Gasteiger partial charge < -0.3 is 4.90 Å². The van der Waals surface area contributed by atoms with Gasteiger partial charge in [-0.3, -0.25) is 4.79 Å². The van der Waals surface area contributed by atoms with Gasteiger partial charge >= 0.3 is 0 Å². The fraction of sp³-hybridized carbons (Fsp3) is 0.353. The molecular formula is C17H19NO. The van der Waals surface area contributed by atoms with Gasteiger partial charge in [-0.25, -0.2) is 0 Å². The van der Waals surface area contributed by atoms with Crippen LogP contribution >= 0.6 is 0 Å². The third kappa shape index (κ3) is 2.35. The second kappa shape index (κ2) is 5.04. The zero-order valence-corrected chi connectivity index (χ0v) is 11.3. The lowest BCUT2D eigenvalue weighted by Crippen LogP contribution is -2.39. The van der Waals surface area contributed by atoms with Crippen LogP contribution in [0.4, 0.5) is 0 Å². The first-order valence-corrected chi connectivity index (χ1v) is 7.03. The Labute approximate surface area is 114 Å². The Morgan fingerprint density at radius 3 is 2.79 bits per heavy atom. The number of piperidine rings is 1. The maximum Gasteiger partial charge on any atom is 0.254 e. The molecule has 0 saturated carbocycles. The molecule has 0 aliphatic carbocycles. The summed E-state index contributed by atoms with van der Waals surface area (Å²) in [4.78, 5) is 14.7. The molecule has 0 bridgehead atoms. The van der Waals surface area contributed by atoms with Crippen molar-refractivity contribution in [3.63, 3.8) is 0 Å². The van der Waals surface area contributed by atoms with Gasteiger partial charge in [-0.15, -0.1) is 0 Å². The standard InChI is InChI=1S/C17H19NO/c1-13-6-5-11-18(12-13)17(19)16-10-4-8-14-7-2-3-9-15(14)16/h2-4,7-10,13H,5-6,11-12H2,1H3/t13-/m1/s1. The van der Waals surface area contributed by atoms with Crippen molar-refractivity contribution in [1.29, 1.82) is 0 Å². The van der Waals surface area contributed by atoms with E-state index in [-0.39, 0.29) is 5.91 Å². The smallest absolute Gasteiger partial charge is 0.254 e. The van der Waals surface area contributed by atoms with Gasteiger partial charge in [0.15, 0.2) is 0 Å². The molecule has 1 fully saturated rings. The van der Waals surface area contributed by atoms with Crippen LogP contribution in [-0.2, 0) is 0 Å². The van der Waals surface area contributed by atoms with E-state index in [1.165, 1.54) is 6.42 Å². The minimum atomic E-state index is 0.184. The minimum absolute atomic E-state index is 0.184. The summed E-state index contributed by atoms with van der Waals surface area (Å²) in [5.74, 6) is 0.802. The van der Waals surface area contributed by atoms with E-state index in [0.717, 1.165) is 35.8 Å². The number of fused-ring (bicyclic) bond motifs is 1. The molecule has 1 atom stereocenters. The monoisotopic (exact) mass is 253 g/mol. The molecule has 0 aromatic heterocycles. The average molecular weight is 253 g/mol. The summed E-state index contributed by atoms with van der Waals surface area (Å²) in [5, 5.41) is 2.20. The molecule has 1 heterocycles. The van der Waals surface area contributed by atoms with Crippen molar-refractivity contribution in [2.24, 2.45) is 5.92 Å². The number of hydrogen-bond donors (Lipinski definition) is 0. The quantitative estimate of drug-likeness (QED) is 0.758. The van der Waals surface area contributed by atoms with Gasteiger partial charge in [-0.05, 0) is 35.6 Å². The van der Waals surface area contributed by atoms with E-state index >= 15 is 0 Å². The molecule has 0 N–H and O–H groups in total. The average Bonchev–Trinajstić information content (AvgIpc) is 2.46. The number of benzene rings is 2. The van der Waals surface area contributed by atoms with E-state index in [9.17, 15) is 4.79 Å². The molecular weight excluding hydrogens is 234 g/mol. The highest BCUT2D eigenvalue weighted by Crippen LogP contribution is 2.23. The topological polar surface area (TPSA) is 20.3 Å². The van der Waals surface area contributed by atoms with Crippen LogP contribution in [0.2, 0.25) is 0 Å². The molecule has 1 aliphatic rings. The first-order valence-electron chi connectivity index (χ1n) is 7.03. The molecule has 1 saturated heterocycles. The van der Waals surface area contributed by atoms with E-state index in [2.05, 4.69) is 19.1 Å².